The molecule has 7 nitrogen and oxygen atoms in total. The van der Waals surface area contributed by atoms with E-state index in [0.717, 1.165) is 38.8 Å². The Morgan fingerprint density at radius 3 is 2.42 bits per heavy atom. The van der Waals surface area contributed by atoms with Gasteiger partial charge in [0.05, 0.1) is 17.8 Å². The number of aromatic carboxylic acids is 1. The monoisotopic (exact) mass is 335 g/mol. The summed E-state index contributed by atoms with van der Waals surface area (Å²) < 4.78 is 7.20. The Morgan fingerprint density at radius 2 is 1.92 bits per heavy atom. The molecular formula is C17H25N3O4. The SMILES string of the molecule is CC(C)(C)OC(=O)N1CCC2(CC1)CC(n1cc(C(=O)O)cn1)C2. The van der Waals surface area contributed by atoms with Crippen LogP contribution < -0.4 is 0 Å². The van der Waals surface area contributed by atoms with Crippen molar-refractivity contribution in [2.24, 2.45) is 5.41 Å². The van der Waals surface area contributed by atoms with Gasteiger partial charge in [0.15, 0.2) is 0 Å². The van der Waals surface area contributed by atoms with E-state index in [0.29, 0.717) is 0 Å². The number of amides is 1. The summed E-state index contributed by atoms with van der Waals surface area (Å²) in [6.45, 7) is 7.08. The highest BCUT2D eigenvalue weighted by molar-refractivity contribution is 5.86. The van der Waals surface area contributed by atoms with E-state index in [1.165, 1.54) is 6.20 Å². The molecule has 132 valence electrons. The number of carbonyl (C=O) groups excluding carboxylic acids is 1. The number of likely N-dealkylation sites (tertiary alicyclic amines) is 1. The fourth-order valence-corrected chi connectivity index (χ4v) is 3.67. The summed E-state index contributed by atoms with van der Waals surface area (Å²) in [5.74, 6) is -0.944. The number of rotatable bonds is 2. The summed E-state index contributed by atoms with van der Waals surface area (Å²) in [4.78, 5) is 24.8. The molecule has 1 saturated heterocycles. The van der Waals surface area contributed by atoms with Crippen molar-refractivity contribution in [1.29, 1.82) is 0 Å². The summed E-state index contributed by atoms with van der Waals surface area (Å²) in [5.41, 5.74) is 0.0320. The molecule has 1 aliphatic heterocycles. The van der Waals surface area contributed by atoms with Crippen molar-refractivity contribution in [2.75, 3.05) is 13.1 Å². The van der Waals surface area contributed by atoms with Gasteiger partial charge >= 0.3 is 12.1 Å². The maximum Gasteiger partial charge on any atom is 0.410 e. The van der Waals surface area contributed by atoms with Crippen molar-refractivity contribution in [3.05, 3.63) is 18.0 Å². The topological polar surface area (TPSA) is 84.7 Å². The zero-order valence-corrected chi connectivity index (χ0v) is 14.5. The van der Waals surface area contributed by atoms with Gasteiger partial charge in [0.2, 0.25) is 0 Å². The minimum absolute atomic E-state index is 0.230. The second-order valence-corrected chi connectivity index (χ2v) is 8.04. The lowest BCUT2D eigenvalue weighted by Crippen LogP contribution is -2.50. The molecule has 1 spiro atoms. The van der Waals surface area contributed by atoms with E-state index in [1.807, 2.05) is 20.8 Å². The predicted octanol–water partition coefficient (Wildman–Crippen LogP) is 2.93. The number of carboxylic acid groups (broad SMARTS) is 1. The van der Waals surface area contributed by atoms with Crippen molar-refractivity contribution in [1.82, 2.24) is 14.7 Å². The lowest BCUT2D eigenvalue weighted by Gasteiger charge is -2.52. The average Bonchev–Trinajstić information content (AvgIpc) is 2.92. The lowest BCUT2D eigenvalue weighted by atomic mass is 9.60. The Balaban J connectivity index is 1.51. The molecule has 24 heavy (non-hydrogen) atoms. The summed E-state index contributed by atoms with van der Waals surface area (Å²) in [6, 6.07) is 0.270. The van der Waals surface area contributed by atoms with Crippen LogP contribution in [0.4, 0.5) is 4.79 Å². The smallest absolute Gasteiger partial charge is 0.410 e. The number of piperidine rings is 1. The molecule has 2 heterocycles. The first kappa shape index (κ1) is 16.8. The third kappa shape index (κ3) is 3.39. The van der Waals surface area contributed by atoms with Gasteiger partial charge in [0, 0.05) is 19.3 Å². The van der Waals surface area contributed by atoms with Crippen molar-refractivity contribution < 1.29 is 19.4 Å². The number of nitrogens with zero attached hydrogens (tertiary/aromatic N) is 3. The zero-order chi connectivity index (χ0) is 17.5. The highest BCUT2D eigenvalue weighted by Crippen LogP contribution is 2.54. The predicted molar refractivity (Wildman–Crippen MR) is 86.9 cm³/mol. The minimum Gasteiger partial charge on any atom is -0.478 e. The first-order valence-electron chi connectivity index (χ1n) is 8.43. The molecule has 2 fully saturated rings. The quantitative estimate of drug-likeness (QED) is 0.898. The molecule has 0 atom stereocenters. The molecule has 1 saturated carbocycles. The van der Waals surface area contributed by atoms with Crippen LogP contribution in [0.3, 0.4) is 0 Å². The fourth-order valence-electron chi connectivity index (χ4n) is 3.67. The summed E-state index contributed by atoms with van der Waals surface area (Å²) in [6.07, 6.45) is 6.71. The second-order valence-electron chi connectivity index (χ2n) is 8.04. The van der Waals surface area contributed by atoms with Crippen LogP contribution in [0.25, 0.3) is 0 Å². The maximum absolute atomic E-state index is 12.1. The number of ether oxygens (including phenoxy) is 1. The summed E-state index contributed by atoms with van der Waals surface area (Å²) >= 11 is 0. The second kappa shape index (κ2) is 5.79. The van der Waals surface area contributed by atoms with Crippen molar-refractivity contribution in [3.8, 4) is 0 Å². The third-order valence-corrected chi connectivity index (χ3v) is 5.04. The van der Waals surface area contributed by atoms with E-state index in [9.17, 15) is 9.59 Å². The van der Waals surface area contributed by atoms with Crippen LogP contribution in [-0.4, -0.2) is 50.5 Å². The minimum atomic E-state index is -0.944. The summed E-state index contributed by atoms with van der Waals surface area (Å²) in [5, 5.41) is 13.1. The van der Waals surface area contributed by atoms with Gasteiger partial charge in [-0.3, -0.25) is 4.68 Å². The van der Waals surface area contributed by atoms with Crippen LogP contribution in [0.2, 0.25) is 0 Å². The van der Waals surface area contributed by atoms with E-state index in [1.54, 1.807) is 15.8 Å². The Morgan fingerprint density at radius 1 is 1.29 bits per heavy atom. The molecule has 1 aliphatic carbocycles. The van der Waals surface area contributed by atoms with Gasteiger partial charge in [0.25, 0.3) is 0 Å². The molecule has 1 N–H and O–H groups in total. The standard InChI is InChI=1S/C17H25N3O4/c1-16(2,3)24-15(23)19-6-4-17(5-7-19)8-13(9-17)20-11-12(10-18-20)14(21)22/h10-11,13H,4-9H2,1-3H3,(H,21,22). The van der Waals surface area contributed by atoms with Crippen molar-refractivity contribution in [3.63, 3.8) is 0 Å². The van der Waals surface area contributed by atoms with Crippen LogP contribution in [-0.2, 0) is 4.74 Å². The molecule has 0 aromatic carbocycles. The van der Waals surface area contributed by atoms with Crippen LogP contribution in [0.1, 0.15) is 62.9 Å². The first-order valence-corrected chi connectivity index (χ1v) is 8.43. The molecule has 2 aliphatic rings. The van der Waals surface area contributed by atoms with E-state index in [4.69, 9.17) is 9.84 Å². The Bertz CT molecular complexity index is 631. The van der Waals surface area contributed by atoms with Crippen LogP contribution in [0.15, 0.2) is 12.4 Å². The Kier molecular flexibility index (Phi) is 4.05. The van der Waals surface area contributed by atoms with Gasteiger partial charge in [-0.2, -0.15) is 5.10 Å². The van der Waals surface area contributed by atoms with Crippen LogP contribution in [0.5, 0.6) is 0 Å². The molecule has 3 rings (SSSR count). The molecule has 1 aromatic rings. The molecule has 0 unspecified atom stereocenters. The number of hydrogen-bond donors (Lipinski definition) is 1. The number of carboxylic acids is 1. The van der Waals surface area contributed by atoms with E-state index >= 15 is 0 Å². The van der Waals surface area contributed by atoms with Crippen LogP contribution >= 0.6 is 0 Å². The summed E-state index contributed by atoms with van der Waals surface area (Å²) in [7, 11) is 0. The van der Waals surface area contributed by atoms with E-state index in [2.05, 4.69) is 5.10 Å². The molecule has 0 radical (unpaired) electrons. The Labute approximate surface area is 141 Å². The first-order chi connectivity index (χ1) is 11.2. The number of hydrogen-bond acceptors (Lipinski definition) is 4. The van der Waals surface area contributed by atoms with Gasteiger partial charge in [-0.05, 0) is 51.9 Å². The molecule has 0 bridgehead atoms. The van der Waals surface area contributed by atoms with E-state index in [-0.39, 0.29) is 23.1 Å². The Hall–Kier alpha value is -2.05. The van der Waals surface area contributed by atoms with Gasteiger partial charge < -0.3 is 14.7 Å². The van der Waals surface area contributed by atoms with Crippen LogP contribution in [0, 0.1) is 5.41 Å². The van der Waals surface area contributed by atoms with Gasteiger partial charge in [-0.15, -0.1) is 0 Å². The largest absolute Gasteiger partial charge is 0.478 e. The zero-order valence-electron chi connectivity index (χ0n) is 14.5. The van der Waals surface area contributed by atoms with Gasteiger partial charge in [-0.1, -0.05) is 0 Å². The molecule has 7 heteroatoms. The normalized spacial score (nSPS) is 20.7. The number of aromatic nitrogens is 2. The lowest BCUT2D eigenvalue weighted by molar-refractivity contribution is -0.0258. The molecular weight excluding hydrogens is 310 g/mol. The fraction of sp³-hybridized carbons (Fsp3) is 0.706. The van der Waals surface area contributed by atoms with Crippen molar-refractivity contribution in [2.45, 2.75) is 58.1 Å². The highest BCUT2D eigenvalue weighted by atomic mass is 16.6. The maximum atomic E-state index is 12.1. The third-order valence-electron chi connectivity index (χ3n) is 5.04. The number of carbonyl (C=O) groups is 2. The average molecular weight is 335 g/mol. The molecule has 1 aromatic heterocycles. The van der Waals surface area contributed by atoms with Gasteiger partial charge in [0.1, 0.15) is 5.60 Å². The van der Waals surface area contributed by atoms with Gasteiger partial charge in [-0.25, -0.2) is 9.59 Å². The highest BCUT2D eigenvalue weighted by Gasteiger charge is 2.47. The van der Waals surface area contributed by atoms with E-state index < -0.39 is 11.6 Å². The molecule has 1 amide bonds. The van der Waals surface area contributed by atoms with Crippen molar-refractivity contribution >= 4 is 12.1 Å².